The van der Waals surface area contributed by atoms with Gasteiger partial charge in [0.05, 0.1) is 16.9 Å². The highest BCUT2D eigenvalue weighted by atomic mass is 16.1. The quantitative estimate of drug-likeness (QED) is 0.860. The SMILES string of the molecule is CNC(=O)c1cnc2c(c1NC1C3CC4CC1CC(N(C)C)(C4)C3)C=CC2. The second-order valence-electron chi connectivity index (χ2n) is 9.35. The number of carbonyl (C=O) groups excluding carboxylic acids is 1. The molecule has 1 aromatic heterocycles. The maximum Gasteiger partial charge on any atom is 0.254 e. The predicted octanol–water partition coefficient (Wildman–Crippen LogP) is 2.93. The van der Waals surface area contributed by atoms with Gasteiger partial charge in [-0.3, -0.25) is 9.78 Å². The average Bonchev–Trinajstić information content (AvgIpc) is 3.12. The summed E-state index contributed by atoms with van der Waals surface area (Å²) in [6.07, 6.45) is 13.5. The molecule has 0 aliphatic heterocycles. The van der Waals surface area contributed by atoms with Crippen LogP contribution in [0.4, 0.5) is 5.69 Å². The van der Waals surface area contributed by atoms with Crippen LogP contribution in [0.2, 0.25) is 0 Å². The van der Waals surface area contributed by atoms with Gasteiger partial charge < -0.3 is 15.5 Å². The molecule has 0 radical (unpaired) electrons. The number of hydrogen-bond donors (Lipinski definition) is 2. The molecule has 5 aliphatic rings. The van der Waals surface area contributed by atoms with E-state index in [9.17, 15) is 4.79 Å². The summed E-state index contributed by atoms with van der Waals surface area (Å²) in [6.45, 7) is 0. The minimum Gasteiger partial charge on any atom is -0.381 e. The van der Waals surface area contributed by atoms with Crippen molar-refractivity contribution in [3.05, 3.63) is 29.1 Å². The maximum absolute atomic E-state index is 12.5. The lowest BCUT2D eigenvalue weighted by Crippen LogP contribution is -2.63. The Morgan fingerprint density at radius 2 is 1.96 bits per heavy atom. The summed E-state index contributed by atoms with van der Waals surface area (Å²) in [6, 6.07) is 0.471. The number of allylic oxidation sites excluding steroid dienone is 1. The Hall–Kier alpha value is -1.88. The smallest absolute Gasteiger partial charge is 0.254 e. The zero-order chi connectivity index (χ0) is 18.8. The van der Waals surface area contributed by atoms with Crippen molar-refractivity contribution in [2.45, 2.75) is 50.1 Å². The highest BCUT2D eigenvalue weighted by Gasteiger charge is 2.56. The summed E-state index contributed by atoms with van der Waals surface area (Å²) in [7, 11) is 6.22. The average molecular weight is 367 g/mol. The molecule has 4 saturated carbocycles. The Balaban J connectivity index is 1.49. The second kappa shape index (κ2) is 6.06. The standard InChI is InChI=1S/C22H30N4O/c1-23-21(27)17-12-24-18-6-4-5-16(18)20(17)25-19-14-7-13-8-15(19)11-22(9-13,10-14)26(2)3/h4-5,12-15,19H,6-11H2,1-3H3,(H,23,27)(H,24,25). The highest BCUT2D eigenvalue weighted by Crippen LogP contribution is 2.58. The molecule has 0 aromatic carbocycles. The van der Waals surface area contributed by atoms with Crippen molar-refractivity contribution in [1.29, 1.82) is 0 Å². The predicted molar refractivity (Wildman–Crippen MR) is 108 cm³/mol. The van der Waals surface area contributed by atoms with E-state index in [1.165, 1.54) is 32.1 Å². The summed E-state index contributed by atoms with van der Waals surface area (Å²) in [5, 5.41) is 6.68. The van der Waals surface area contributed by atoms with Gasteiger partial charge >= 0.3 is 0 Å². The lowest BCUT2D eigenvalue weighted by Gasteiger charge is -2.62. The molecule has 4 fully saturated rings. The molecule has 2 unspecified atom stereocenters. The van der Waals surface area contributed by atoms with Crippen molar-refractivity contribution in [2.24, 2.45) is 17.8 Å². The molecule has 0 saturated heterocycles. The summed E-state index contributed by atoms with van der Waals surface area (Å²) in [4.78, 5) is 19.5. The van der Waals surface area contributed by atoms with E-state index in [0.717, 1.165) is 29.3 Å². The molecule has 1 heterocycles. The number of nitrogens with one attached hydrogen (secondary N) is 2. The molecule has 1 aromatic rings. The van der Waals surface area contributed by atoms with Crippen LogP contribution in [0, 0.1) is 17.8 Å². The van der Waals surface area contributed by atoms with Crippen molar-refractivity contribution in [1.82, 2.24) is 15.2 Å². The minimum absolute atomic E-state index is 0.0540. The lowest BCUT2D eigenvalue weighted by molar-refractivity contribution is -0.0770. The number of aromatic nitrogens is 1. The maximum atomic E-state index is 12.5. The van der Waals surface area contributed by atoms with Crippen LogP contribution in [0.1, 0.15) is 53.7 Å². The third kappa shape index (κ3) is 2.54. The second-order valence-corrected chi connectivity index (χ2v) is 9.35. The summed E-state index contributed by atoms with van der Waals surface area (Å²) in [5.41, 5.74) is 4.28. The van der Waals surface area contributed by atoms with Crippen molar-refractivity contribution in [3.63, 3.8) is 0 Å². The van der Waals surface area contributed by atoms with Crippen molar-refractivity contribution in [3.8, 4) is 0 Å². The number of nitrogens with zero attached hydrogens (tertiary/aromatic N) is 2. The number of carbonyl (C=O) groups is 1. The number of hydrogen-bond acceptors (Lipinski definition) is 4. The van der Waals surface area contributed by atoms with E-state index in [4.69, 9.17) is 0 Å². The third-order valence-corrected chi connectivity index (χ3v) is 7.77. The number of anilines is 1. The van der Waals surface area contributed by atoms with Crippen molar-refractivity contribution >= 4 is 17.7 Å². The van der Waals surface area contributed by atoms with Crippen LogP contribution in [0.3, 0.4) is 0 Å². The van der Waals surface area contributed by atoms with Crippen LogP contribution >= 0.6 is 0 Å². The number of amides is 1. The highest BCUT2D eigenvalue weighted by molar-refractivity contribution is 6.01. The van der Waals surface area contributed by atoms with E-state index in [0.29, 0.717) is 29.0 Å². The Labute approximate surface area is 161 Å². The van der Waals surface area contributed by atoms with Crippen LogP contribution in [0.25, 0.3) is 6.08 Å². The van der Waals surface area contributed by atoms with Gasteiger partial charge in [-0.05, 0) is 64.0 Å². The Morgan fingerprint density at radius 1 is 1.22 bits per heavy atom. The Kier molecular flexibility index (Phi) is 3.87. The molecule has 0 spiro atoms. The van der Waals surface area contributed by atoms with Gasteiger partial charge in [-0.2, -0.15) is 0 Å². The summed E-state index contributed by atoms with van der Waals surface area (Å²) in [5.74, 6) is 2.22. The van der Waals surface area contributed by atoms with Crippen LogP contribution in [0.15, 0.2) is 12.3 Å². The van der Waals surface area contributed by atoms with E-state index in [1.807, 2.05) is 0 Å². The van der Waals surface area contributed by atoms with Gasteiger partial charge in [-0.1, -0.05) is 12.2 Å². The van der Waals surface area contributed by atoms with Crippen LogP contribution < -0.4 is 10.6 Å². The fourth-order valence-electron chi connectivity index (χ4n) is 6.59. The van der Waals surface area contributed by atoms with Crippen molar-refractivity contribution in [2.75, 3.05) is 26.5 Å². The van der Waals surface area contributed by atoms with Gasteiger partial charge in [0.2, 0.25) is 0 Å². The first-order chi connectivity index (χ1) is 13.0. The molecule has 4 bridgehead atoms. The molecular weight excluding hydrogens is 336 g/mol. The normalized spacial score (nSPS) is 35.6. The molecule has 27 heavy (non-hydrogen) atoms. The number of rotatable bonds is 4. The van der Waals surface area contributed by atoms with E-state index in [2.05, 4.69) is 46.8 Å². The van der Waals surface area contributed by atoms with Gasteiger partial charge in [-0.15, -0.1) is 0 Å². The largest absolute Gasteiger partial charge is 0.381 e. The fraction of sp³-hybridized carbons (Fsp3) is 0.636. The first-order valence-corrected chi connectivity index (χ1v) is 10.4. The van der Waals surface area contributed by atoms with E-state index >= 15 is 0 Å². The first-order valence-electron chi connectivity index (χ1n) is 10.4. The van der Waals surface area contributed by atoms with Crippen molar-refractivity contribution < 1.29 is 4.79 Å². The first kappa shape index (κ1) is 17.2. The molecular formula is C22H30N4O. The Bertz CT molecular complexity index is 799. The molecule has 6 rings (SSSR count). The molecule has 2 atom stereocenters. The molecule has 2 N–H and O–H groups in total. The summed E-state index contributed by atoms with van der Waals surface area (Å²) < 4.78 is 0. The van der Waals surface area contributed by atoms with Gasteiger partial charge in [0, 0.05) is 36.8 Å². The lowest BCUT2D eigenvalue weighted by atomic mass is 9.50. The molecule has 5 aliphatic carbocycles. The van der Waals surface area contributed by atoms with E-state index < -0.39 is 0 Å². The van der Waals surface area contributed by atoms with Gasteiger partial charge in [0.15, 0.2) is 0 Å². The fourth-order valence-corrected chi connectivity index (χ4v) is 6.59. The van der Waals surface area contributed by atoms with Gasteiger partial charge in [0.25, 0.3) is 5.91 Å². The number of pyridine rings is 1. The monoisotopic (exact) mass is 366 g/mol. The van der Waals surface area contributed by atoms with Crippen LogP contribution in [-0.4, -0.2) is 48.5 Å². The van der Waals surface area contributed by atoms with Gasteiger partial charge in [-0.25, -0.2) is 0 Å². The topological polar surface area (TPSA) is 57.3 Å². The van der Waals surface area contributed by atoms with E-state index in [-0.39, 0.29) is 5.91 Å². The molecule has 5 nitrogen and oxygen atoms in total. The van der Waals surface area contributed by atoms with Crippen LogP contribution in [0.5, 0.6) is 0 Å². The number of fused-ring (bicyclic) bond motifs is 1. The summed E-state index contributed by atoms with van der Waals surface area (Å²) >= 11 is 0. The zero-order valence-electron chi connectivity index (χ0n) is 16.6. The zero-order valence-corrected chi connectivity index (χ0v) is 16.6. The molecule has 1 amide bonds. The van der Waals surface area contributed by atoms with Gasteiger partial charge in [0.1, 0.15) is 0 Å². The van der Waals surface area contributed by atoms with E-state index in [1.54, 1.807) is 13.2 Å². The third-order valence-electron chi connectivity index (χ3n) is 7.77. The van der Waals surface area contributed by atoms with Crippen LogP contribution in [-0.2, 0) is 6.42 Å². The molecule has 144 valence electrons. The minimum atomic E-state index is -0.0540. The molecule has 5 heteroatoms. The Morgan fingerprint density at radius 3 is 2.63 bits per heavy atom.